The lowest BCUT2D eigenvalue weighted by atomic mass is 10.1. The van der Waals surface area contributed by atoms with Crippen LogP contribution in [-0.2, 0) is 11.2 Å². The van der Waals surface area contributed by atoms with E-state index in [0.29, 0.717) is 37.7 Å². The van der Waals surface area contributed by atoms with E-state index < -0.39 is 0 Å². The minimum atomic E-state index is -0.377. The summed E-state index contributed by atoms with van der Waals surface area (Å²) >= 11 is 0. The fraction of sp³-hybridized carbons (Fsp3) is 0.273. The van der Waals surface area contributed by atoms with E-state index >= 15 is 0 Å². The van der Waals surface area contributed by atoms with Crippen molar-refractivity contribution in [1.82, 2.24) is 5.32 Å². The summed E-state index contributed by atoms with van der Waals surface area (Å²) in [6.07, 6.45) is 2.21. The molecule has 2 aromatic rings. The van der Waals surface area contributed by atoms with Gasteiger partial charge in [-0.25, -0.2) is 0 Å². The van der Waals surface area contributed by atoms with Crippen LogP contribution in [0.4, 0.5) is 0 Å². The van der Waals surface area contributed by atoms with Gasteiger partial charge >= 0.3 is 0 Å². The molecule has 0 saturated carbocycles. The van der Waals surface area contributed by atoms with Gasteiger partial charge in [0.2, 0.25) is 0 Å². The smallest absolute Gasteiger partial charge is 0.261 e. The first kappa shape index (κ1) is 20.1. The predicted molar refractivity (Wildman–Crippen MR) is 106 cm³/mol. The molecule has 0 unspecified atom stereocenters. The quantitative estimate of drug-likeness (QED) is 0.543. The lowest BCUT2D eigenvalue weighted by Gasteiger charge is -2.12. The molecule has 1 N–H and O–H groups in total. The predicted octanol–water partition coefficient (Wildman–Crippen LogP) is 3.75. The first-order chi connectivity index (χ1) is 13.2. The third-order valence-corrected chi connectivity index (χ3v) is 3.78. The van der Waals surface area contributed by atoms with Crippen LogP contribution < -0.4 is 14.8 Å². The molecule has 0 spiro atoms. The Balaban J connectivity index is 1.96. The Morgan fingerprint density at radius 3 is 2.44 bits per heavy atom. The Hall–Kier alpha value is -3.26. The number of nitriles is 1. The Kier molecular flexibility index (Phi) is 7.92. The van der Waals surface area contributed by atoms with Crippen LogP contribution >= 0.6 is 0 Å². The Labute approximate surface area is 160 Å². The summed E-state index contributed by atoms with van der Waals surface area (Å²) in [5.74, 6) is 1.03. The van der Waals surface area contributed by atoms with E-state index in [1.807, 2.05) is 68.4 Å². The van der Waals surface area contributed by atoms with E-state index in [1.54, 1.807) is 6.08 Å². The summed E-state index contributed by atoms with van der Waals surface area (Å²) in [6, 6.07) is 17.0. The van der Waals surface area contributed by atoms with Crippen LogP contribution in [-0.4, -0.2) is 25.7 Å². The van der Waals surface area contributed by atoms with Crippen molar-refractivity contribution >= 4 is 12.0 Å². The number of rotatable bonds is 9. The monoisotopic (exact) mass is 364 g/mol. The van der Waals surface area contributed by atoms with Gasteiger partial charge in [0.05, 0.1) is 13.2 Å². The average Bonchev–Trinajstić information content (AvgIpc) is 2.69. The Morgan fingerprint density at radius 2 is 1.78 bits per heavy atom. The summed E-state index contributed by atoms with van der Waals surface area (Å²) in [5, 5.41) is 12.0. The van der Waals surface area contributed by atoms with Crippen LogP contribution in [0.25, 0.3) is 6.08 Å². The van der Waals surface area contributed by atoms with E-state index in [-0.39, 0.29) is 11.5 Å². The molecule has 0 atom stereocenters. The normalized spacial score (nSPS) is 10.8. The molecule has 0 aliphatic heterocycles. The molecule has 5 nitrogen and oxygen atoms in total. The van der Waals surface area contributed by atoms with Gasteiger partial charge in [0.15, 0.2) is 11.5 Å². The molecular weight excluding hydrogens is 340 g/mol. The first-order valence-electron chi connectivity index (χ1n) is 9.01. The van der Waals surface area contributed by atoms with Crippen molar-refractivity contribution < 1.29 is 14.3 Å². The Bertz CT molecular complexity index is 823. The maximum absolute atomic E-state index is 12.2. The summed E-state index contributed by atoms with van der Waals surface area (Å²) in [7, 11) is 0. The maximum Gasteiger partial charge on any atom is 0.261 e. The molecule has 0 fully saturated rings. The van der Waals surface area contributed by atoms with Crippen molar-refractivity contribution in [1.29, 1.82) is 5.26 Å². The van der Waals surface area contributed by atoms with Crippen molar-refractivity contribution in [2.24, 2.45) is 0 Å². The molecule has 5 heteroatoms. The highest BCUT2D eigenvalue weighted by atomic mass is 16.5. The van der Waals surface area contributed by atoms with Crippen LogP contribution in [0.15, 0.2) is 54.1 Å². The molecule has 0 aromatic heterocycles. The van der Waals surface area contributed by atoms with Crippen molar-refractivity contribution in [3.63, 3.8) is 0 Å². The van der Waals surface area contributed by atoms with Gasteiger partial charge in [-0.3, -0.25) is 4.79 Å². The first-order valence-corrected chi connectivity index (χ1v) is 9.01. The molecule has 0 radical (unpaired) electrons. The second-order valence-corrected chi connectivity index (χ2v) is 5.73. The lowest BCUT2D eigenvalue weighted by molar-refractivity contribution is -0.117. The van der Waals surface area contributed by atoms with Crippen molar-refractivity contribution in [3.8, 4) is 17.6 Å². The number of nitrogens with one attached hydrogen (secondary N) is 1. The number of carbonyl (C=O) groups excluding carboxylic acids is 1. The topological polar surface area (TPSA) is 71.3 Å². The van der Waals surface area contributed by atoms with Crippen LogP contribution in [0.3, 0.4) is 0 Å². The number of hydrogen-bond donors (Lipinski definition) is 1. The zero-order valence-electron chi connectivity index (χ0n) is 15.7. The van der Waals surface area contributed by atoms with Crippen LogP contribution in [0.5, 0.6) is 11.5 Å². The van der Waals surface area contributed by atoms with Crippen LogP contribution in [0, 0.1) is 11.3 Å². The maximum atomic E-state index is 12.2. The molecule has 0 saturated heterocycles. The van der Waals surface area contributed by atoms with Gasteiger partial charge in [0, 0.05) is 6.54 Å². The molecule has 2 aromatic carbocycles. The SMILES string of the molecule is CCOc1ccc(CCNC(=O)/C(C#N)=C/c2ccccc2)cc1OCC. The number of nitrogens with zero attached hydrogens (tertiary/aromatic N) is 1. The summed E-state index contributed by atoms with van der Waals surface area (Å²) in [5.41, 5.74) is 1.92. The number of benzene rings is 2. The lowest BCUT2D eigenvalue weighted by Crippen LogP contribution is -2.26. The van der Waals surface area contributed by atoms with Gasteiger partial charge in [0.25, 0.3) is 5.91 Å². The van der Waals surface area contributed by atoms with Gasteiger partial charge in [-0.15, -0.1) is 0 Å². The highest BCUT2D eigenvalue weighted by molar-refractivity contribution is 6.01. The third kappa shape index (κ3) is 6.19. The van der Waals surface area contributed by atoms with Gasteiger partial charge in [0.1, 0.15) is 11.6 Å². The molecule has 0 aliphatic rings. The molecule has 2 rings (SSSR count). The van der Waals surface area contributed by atoms with E-state index in [1.165, 1.54) is 0 Å². The third-order valence-electron chi connectivity index (χ3n) is 3.78. The largest absolute Gasteiger partial charge is 0.490 e. The van der Waals surface area contributed by atoms with E-state index in [0.717, 1.165) is 11.1 Å². The summed E-state index contributed by atoms with van der Waals surface area (Å²) in [4.78, 5) is 12.2. The highest BCUT2D eigenvalue weighted by Crippen LogP contribution is 2.28. The Morgan fingerprint density at radius 1 is 1.07 bits per heavy atom. The van der Waals surface area contributed by atoms with Crippen molar-refractivity contribution in [2.45, 2.75) is 20.3 Å². The molecule has 0 aliphatic carbocycles. The number of amides is 1. The van der Waals surface area contributed by atoms with Gasteiger partial charge < -0.3 is 14.8 Å². The summed E-state index contributed by atoms with van der Waals surface area (Å²) in [6.45, 7) is 5.39. The van der Waals surface area contributed by atoms with Crippen molar-refractivity contribution in [3.05, 3.63) is 65.2 Å². The molecule has 27 heavy (non-hydrogen) atoms. The molecule has 0 heterocycles. The standard InChI is InChI=1S/C22H24N2O3/c1-3-26-20-11-10-18(15-21(20)27-4-2)12-13-24-22(25)19(16-23)14-17-8-6-5-7-9-17/h5-11,14-15H,3-4,12-13H2,1-2H3,(H,24,25)/b19-14+. The molecular formula is C22H24N2O3. The van der Waals surface area contributed by atoms with Gasteiger partial charge in [-0.1, -0.05) is 36.4 Å². The fourth-order valence-corrected chi connectivity index (χ4v) is 2.53. The second kappa shape index (κ2) is 10.7. The van der Waals surface area contributed by atoms with Crippen LogP contribution in [0.2, 0.25) is 0 Å². The van der Waals surface area contributed by atoms with E-state index in [2.05, 4.69) is 5.32 Å². The van der Waals surface area contributed by atoms with Gasteiger partial charge in [-0.05, 0) is 49.6 Å². The molecule has 1 amide bonds. The number of ether oxygens (including phenoxy) is 2. The second-order valence-electron chi connectivity index (χ2n) is 5.73. The number of carbonyl (C=O) groups is 1. The van der Waals surface area contributed by atoms with Crippen LogP contribution in [0.1, 0.15) is 25.0 Å². The minimum Gasteiger partial charge on any atom is -0.490 e. The minimum absolute atomic E-state index is 0.0860. The molecule has 140 valence electrons. The van der Waals surface area contributed by atoms with Gasteiger partial charge in [-0.2, -0.15) is 5.26 Å². The fourth-order valence-electron chi connectivity index (χ4n) is 2.53. The zero-order chi connectivity index (χ0) is 19.5. The zero-order valence-corrected chi connectivity index (χ0v) is 15.7. The average molecular weight is 364 g/mol. The van der Waals surface area contributed by atoms with E-state index in [9.17, 15) is 10.1 Å². The highest BCUT2D eigenvalue weighted by Gasteiger charge is 2.10. The van der Waals surface area contributed by atoms with Crippen molar-refractivity contribution in [2.75, 3.05) is 19.8 Å². The molecule has 0 bridgehead atoms. The number of hydrogen-bond acceptors (Lipinski definition) is 4. The van der Waals surface area contributed by atoms with E-state index in [4.69, 9.17) is 9.47 Å². The summed E-state index contributed by atoms with van der Waals surface area (Å²) < 4.78 is 11.2.